The highest BCUT2D eigenvalue weighted by Crippen LogP contribution is 2.12. The number of esters is 1. The monoisotopic (exact) mass is 257 g/mol. The van der Waals surface area contributed by atoms with Gasteiger partial charge in [0.1, 0.15) is 11.8 Å². The maximum Gasteiger partial charge on any atom is 0.341 e. The molecule has 17 heavy (non-hydrogen) atoms. The Hall–Kier alpha value is -1.13. The Morgan fingerprint density at radius 2 is 2.24 bits per heavy atom. The Bertz CT molecular complexity index is 369. The van der Waals surface area contributed by atoms with Gasteiger partial charge in [-0.1, -0.05) is 25.4 Å². The van der Waals surface area contributed by atoms with Crippen LogP contribution in [0.2, 0.25) is 5.15 Å². The lowest BCUT2D eigenvalue weighted by Gasteiger charge is -2.08. The molecule has 0 atom stereocenters. The number of ether oxygens (including phenoxy) is 2. The van der Waals surface area contributed by atoms with Crippen LogP contribution < -0.4 is 0 Å². The molecule has 0 aliphatic heterocycles. The van der Waals surface area contributed by atoms with Gasteiger partial charge in [0.25, 0.3) is 0 Å². The summed E-state index contributed by atoms with van der Waals surface area (Å²) in [6.45, 7) is 5.38. The number of carbonyl (C=O) groups is 1. The molecular weight excluding hydrogens is 242 g/mol. The molecule has 0 spiro atoms. The normalized spacial score (nSPS) is 10.6. The van der Waals surface area contributed by atoms with Crippen molar-refractivity contribution in [2.24, 2.45) is 5.92 Å². The molecule has 0 saturated carbocycles. The van der Waals surface area contributed by atoms with Crippen molar-refractivity contribution < 1.29 is 14.3 Å². The molecule has 0 aromatic carbocycles. The number of pyridine rings is 1. The second-order valence-electron chi connectivity index (χ2n) is 3.95. The molecule has 1 heterocycles. The highest BCUT2D eigenvalue weighted by atomic mass is 35.5. The summed E-state index contributed by atoms with van der Waals surface area (Å²) in [5.41, 5.74) is 0.276. The average Bonchev–Trinajstić information content (AvgIpc) is 2.28. The van der Waals surface area contributed by atoms with Crippen LogP contribution in [-0.2, 0) is 9.47 Å². The van der Waals surface area contributed by atoms with Crippen LogP contribution in [0.4, 0.5) is 0 Å². The van der Waals surface area contributed by atoms with E-state index in [0.717, 1.165) is 0 Å². The van der Waals surface area contributed by atoms with Crippen molar-refractivity contribution in [2.45, 2.75) is 13.8 Å². The average molecular weight is 258 g/mol. The third-order valence-electron chi connectivity index (χ3n) is 1.89. The van der Waals surface area contributed by atoms with Crippen LogP contribution in [0.1, 0.15) is 24.2 Å². The molecule has 1 aromatic heterocycles. The van der Waals surface area contributed by atoms with E-state index in [1.54, 1.807) is 12.1 Å². The number of nitrogens with zero attached hydrogens (tertiary/aromatic N) is 1. The second kappa shape index (κ2) is 7.25. The van der Waals surface area contributed by atoms with E-state index in [1.807, 2.05) is 0 Å². The largest absolute Gasteiger partial charge is 0.460 e. The summed E-state index contributed by atoms with van der Waals surface area (Å²) in [5.74, 6) is -0.00489. The Balaban J connectivity index is 2.29. The third-order valence-corrected chi connectivity index (χ3v) is 2.19. The summed E-state index contributed by atoms with van der Waals surface area (Å²) in [6, 6.07) is 3.21. The van der Waals surface area contributed by atoms with Crippen LogP contribution in [0.25, 0.3) is 0 Å². The molecule has 5 heteroatoms. The first-order valence-electron chi connectivity index (χ1n) is 5.46. The van der Waals surface area contributed by atoms with Gasteiger partial charge >= 0.3 is 5.97 Å². The van der Waals surface area contributed by atoms with Crippen molar-refractivity contribution in [1.82, 2.24) is 4.98 Å². The fourth-order valence-corrected chi connectivity index (χ4v) is 1.32. The minimum Gasteiger partial charge on any atom is -0.460 e. The summed E-state index contributed by atoms with van der Waals surface area (Å²) in [4.78, 5) is 15.4. The molecule has 0 bridgehead atoms. The summed E-state index contributed by atoms with van der Waals surface area (Å²) in [5, 5.41) is 0.153. The molecular formula is C12H16ClNO3. The maximum atomic E-state index is 11.6. The molecule has 0 N–H and O–H groups in total. The van der Waals surface area contributed by atoms with Crippen LogP contribution in [0.15, 0.2) is 18.3 Å². The highest BCUT2D eigenvalue weighted by molar-refractivity contribution is 6.32. The van der Waals surface area contributed by atoms with Crippen molar-refractivity contribution in [3.63, 3.8) is 0 Å². The summed E-state index contributed by atoms with van der Waals surface area (Å²) in [6.07, 6.45) is 1.52. The zero-order chi connectivity index (χ0) is 12.7. The van der Waals surface area contributed by atoms with Crippen LogP contribution in [-0.4, -0.2) is 30.8 Å². The van der Waals surface area contributed by atoms with Gasteiger partial charge < -0.3 is 9.47 Å². The highest BCUT2D eigenvalue weighted by Gasteiger charge is 2.11. The van der Waals surface area contributed by atoms with E-state index in [9.17, 15) is 4.79 Å². The van der Waals surface area contributed by atoms with Crippen LogP contribution >= 0.6 is 11.6 Å². The first-order valence-corrected chi connectivity index (χ1v) is 5.84. The predicted molar refractivity (Wildman–Crippen MR) is 65.2 cm³/mol. The molecule has 0 aliphatic rings. The number of rotatable bonds is 6. The predicted octanol–water partition coefficient (Wildman–Crippen LogP) is 2.56. The van der Waals surface area contributed by atoms with Crippen LogP contribution in [0, 0.1) is 5.92 Å². The van der Waals surface area contributed by atoms with Crippen molar-refractivity contribution in [3.8, 4) is 0 Å². The van der Waals surface area contributed by atoms with Gasteiger partial charge in [-0.25, -0.2) is 9.78 Å². The van der Waals surface area contributed by atoms with E-state index in [1.165, 1.54) is 6.20 Å². The van der Waals surface area contributed by atoms with Gasteiger partial charge in [0.2, 0.25) is 0 Å². The van der Waals surface area contributed by atoms with Gasteiger partial charge in [-0.2, -0.15) is 0 Å². The number of hydrogen-bond acceptors (Lipinski definition) is 4. The summed E-state index contributed by atoms with van der Waals surface area (Å²) < 4.78 is 10.3. The van der Waals surface area contributed by atoms with E-state index in [2.05, 4.69) is 18.8 Å². The Morgan fingerprint density at radius 3 is 2.88 bits per heavy atom. The van der Waals surface area contributed by atoms with Crippen LogP contribution in [0.3, 0.4) is 0 Å². The van der Waals surface area contributed by atoms with Gasteiger partial charge in [-0.05, 0) is 18.1 Å². The maximum absolute atomic E-state index is 11.6. The standard InChI is InChI=1S/C12H16ClNO3/c1-9(2)8-16-6-7-17-12(15)10-4-3-5-14-11(10)13/h3-5,9H,6-8H2,1-2H3. The lowest BCUT2D eigenvalue weighted by atomic mass is 10.2. The van der Waals surface area contributed by atoms with Crippen molar-refractivity contribution in [1.29, 1.82) is 0 Å². The van der Waals surface area contributed by atoms with Crippen molar-refractivity contribution in [2.75, 3.05) is 19.8 Å². The third kappa shape index (κ3) is 5.15. The Morgan fingerprint density at radius 1 is 1.47 bits per heavy atom. The Labute approximate surface area is 106 Å². The topological polar surface area (TPSA) is 48.4 Å². The summed E-state index contributed by atoms with van der Waals surface area (Å²) >= 11 is 5.76. The van der Waals surface area contributed by atoms with Gasteiger partial charge in [-0.15, -0.1) is 0 Å². The number of carbonyl (C=O) groups excluding carboxylic acids is 1. The molecule has 0 radical (unpaired) electrons. The van der Waals surface area contributed by atoms with E-state index in [0.29, 0.717) is 19.1 Å². The zero-order valence-electron chi connectivity index (χ0n) is 9.98. The van der Waals surface area contributed by atoms with Gasteiger partial charge in [0.05, 0.1) is 12.2 Å². The van der Waals surface area contributed by atoms with Gasteiger partial charge in [-0.3, -0.25) is 0 Å². The SMILES string of the molecule is CC(C)COCCOC(=O)c1cccnc1Cl. The van der Waals surface area contributed by atoms with Crippen LogP contribution in [0.5, 0.6) is 0 Å². The second-order valence-corrected chi connectivity index (χ2v) is 4.30. The molecule has 0 saturated heterocycles. The van der Waals surface area contributed by atoms with E-state index in [-0.39, 0.29) is 17.3 Å². The molecule has 1 rings (SSSR count). The Kier molecular flexibility index (Phi) is 5.94. The first kappa shape index (κ1) is 13.9. The molecule has 0 fully saturated rings. The van der Waals surface area contributed by atoms with Gasteiger partial charge in [0.15, 0.2) is 0 Å². The minimum absolute atomic E-state index is 0.153. The first-order chi connectivity index (χ1) is 8.11. The lowest BCUT2D eigenvalue weighted by molar-refractivity contribution is 0.0277. The quantitative estimate of drug-likeness (QED) is 0.446. The number of halogens is 1. The molecule has 0 unspecified atom stereocenters. The minimum atomic E-state index is -0.476. The van der Waals surface area contributed by atoms with Crippen molar-refractivity contribution in [3.05, 3.63) is 29.0 Å². The number of aromatic nitrogens is 1. The van der Waals surface area contributed by atoms with E-state index >= 15 is 0 Å². The van der Waals surface area contributed by atoms with E-state index < -0.39 is 5.97 Å². The smallest absolute Gasteiger partial charge is 0.341 e. The van der Waals surface area contributed by atoms with Crippen molar-refractivity contribution >= 4 is 17.6 Å². The lowest BCUT2D eigenvalue weighted by Crippen LogP contribution is -2.13. The number of hydrogen-bond donors (Lipinski definition) is 0. The molecule has 0 amide bonds. The van der Waals surface area contributed by atoms with E-state index in [4.69, 9.17) is 21.1 Å². The summed E-state index contributed by atoms with van der Waals surface area (Å²) in [7, 11) is 0. The fraction of sp³-hybridized carbons (Fsp3) is 0.500. The van der Waals surface area contributed by atoms with Gasteiger partial charge in [0, 0.05) is 12.8 Å². The molecule has 4 nitrogen and oxygen atoms in total. The molecule has 0 aliphatic carbocycles. The zero-order valence-corrected chi connectivity index (χ0v) is 10.7. The molecule has 1 aromatic rings. The molecule has 94 valence electrons. The fourth-order valence-electron chi connectivity index (χ4n) is 1.13.